The Bertz CT molecular complexity index is 1060. The Hall–Kier alpha value is -2.80. The van der Waals surface area contributed by atoms with Crippen LogP contribution in [0.25, 0.3) is 10.8 Å². The molecule has 1 aliphatic heterocycles. The maximum absolute atomic E-state index is 14.0. The number of methoxy groups -OCH3 is 1. The first-order chi connectivity index (χ1) is 16.6. The van der Waals surface area contributed by atoms with Gasteiger partial charge in [-0.1, -0.05) is 43.5 Å². The number of rotatable bonds is 4. The summed E-state index contributed by atoms with van der Waals surface area (Å²) in [5, 5.41) is 13.8. The second-order valence-corrected chi connectivity index (χ2v) is 10.9. The van der Waals surface area contributed by atoms with Crippen LogP contribution in [0.2, 0.25) is 0 Å². The molecule has 4 rings (SSSR count). The van der Waals surface area contributed by atoms with Crippen LogP contribution in [0, 0.1) is 0 Å². The fourth-order valence-electron chi connectivity index (χ4n) is 5.30. The van der Waals surface area contributed by atoms with Gasteiger partial charge in [-0.25, -0.2) is 4.79 Å². The van der Waals surface area contributed by atoms with Crippen LogP contribution in [-0.2, 0) is 9.53 Å². The predicted octanol–water partition coefficient (Wildman–Crippen LogP) is 4.71. The van der Waals surface area contributed by atoms with Crippen molar-refractivity contribution in [2.24, 2.45) is 0 Å². The molecular weight excluding hydrogens is 444 g/mol. The molecule has 2 fully saturated rings. The summed E-state index contributed by atoms with van der Waals surface area (Å²) in [6.45, 7) is 7.23. The van der Waals surface area contributed by atoms with Crippen LogP contribution in [0.1, 0.15) is 64.4 Å². The number of fused-ring (bicyclic) bond motifs is 1. The van der Waals surface area contributed by atoms with Crippen LogP contribution in [-0.4, -0.2) is 71.4 Å². The van der Waals surface area contributed by atoms with Gasteiger partial charge in [0.2, 0.25) is 5.91 Å². The largest absolute Gasteiger partial charge is 0.497 e. The van der Waals surface area contributed by atoms with Crippen molar-refractivity contribution in [3.63, 3.8) is 0 Å². The minimum absolute atomic E-state index is 0.0638. The van der Waals surface area contributed by atoms with E-state index in [0.29, 0.717) is 39.0 Å². The third-order valence-electron chi connectivity index (χ3n) is 7.15. The van der Waals surface area contributed by atoms with Gasteiger partial charge in [0.05, 0.1) is 18.6 Å². The third-order valence-corrected chi connectivity index (χ3v) is 7.15. The molecule has 1 saturated carbocycles. The fraction of sp³-hybridized carbons (Fsp3) is 0.571. The maximum atomic E-state index is 14.0. The van der Waals surface area contributed by atoms with E-state index in [0.717, 1.165) is 41.3 Å². The minimum atomic E-state index is -1.07. The van der Waals surface area contributed by atoms with Gasteiger partial charge in [-0.15, -0.1) is 0 Å². The van der Waals surface area contributed by atoms with Gasteiger partial charge in [0.1, 0.15) is 11.4 Å². The molecular formula is C28H38N2O5. The summed E-state index contributed by atoms with van der Waals surface area (Å²) in [5.74, 6) is 0.0834. The molecule has 2 aliphatic rings. The van der Waals surface area contributed by atoms with Gasteiger partial charge in [-0.2, -0.15) is 0 Å². The zero-order chi connectivity index (χ0) is 25.2. The van der Waals surface area contributed by atoms with Crippen LogP contribution in [0.3, 0.4) is 0 Å². The lowest BCUT2D eigenvalue weighted by molar-refractivity contribution is -0.143. The highest BCUT2D eigenvalue weighted by Crippen LogP contribution is 2.42. The number of hydrogen-bond donors (Lipinski definition) is 1. The van der Waals surface area contributed by atoms with Crippen molar-refractivity contribution in [2.75, 3.05) is 33.3 Å². The van der Waals surface area contributed by atoms with Crippen LogP contribution in [0.5, 0.6) is 5.75 Å². The molecule has 0 aromatic heterocycles. The summed E-state index contributed by atoms with van der Waals surface area (Å²) in [5.41, 5.74) is -0.788. The Morgan fingerprint density at radius 1 is 0.914 bits per heavy atom. The number of carbonyl (C=O) groups is 2. The summed E-state index contributed by atoms with van der Waals surface area (Å²) < 4.78 is 10.8. The van der Waals surface area contributed by atoms with Crippen molar-refractivity contribution in [3.8, 4) is 5.75 Å². The summed E-state index contributed by atoms with van der Waals surface area (Å²) in [6, 6.07) is 11.9. The number of carbonyl (C=O) groups excluding carboxylic acids is 2. The zero-order valence-corrected chi connectivity index (χ0v) is 21.4. The van der Waals surface area contributed by atoms with E-state index in [9.17, 15) is 14.7 Å². The van der Waals surface area contributed by atoms with Gasteiger partial charge < -0.3 is 24.4 Å². The van der Waals surface area contributed by atoms with Gasteiger partial charge in [0.25, 0.3) is 0 Å². The van der Waals surface area contributed by atoms with Crippen LogP contribution < -0.4 is 4.74 Å². The van der Waals surface area contributed by atoms with E-state index in [-0.39, 0.29) is 12.0 Å². The molecule has 1 atom stereocenters. The SMILES string of the molecule is COc1ccc2cc(C(C(=O)N3CCN(C(=O)OC(C)(C)C)CC3)C3(O)CCCCC3)ccc2c1. The first-order valence-electron chi connectivity index (χ1n) is 12.7. The van der Waals surface area contributed by atoms with Crippen molar-refractivity contribution in [3.05, 3.63) is 42.0 Å². The highest BCUT2D eigenvalue weighted by molar-refractivity contribution is 5.89. The Kier molecular flexibility index (Phi) is 7.27. The highest BCUT2D eigenvalue weighted by Gasteiger charge is 2.45. The fourth-order valence-corrected chi connectivity index (χ4v) is 5.30. The average molecular weight is 483 g/mol. The normalized spacial score (nSPS) is 19.3. The molecule has 1 heterocycles. The van der Waals surface area contributed by atoms with Gasteiger partial charge in [0, 0.05) is 26.2 Å². The van der Waals surface area contributed by atoms with E-state index < -0.39 is 17.1 Å². The van der Waals surface area contributed by atoms with E-state index in [4.69, 9.17) is 9.47 Å². The lowest BCUT2D eigenvalue weighted by Crippen LogP contribution is -2.55. The molecule has 1 unspecified atom stereocenters. The van der Waals surface area contributed by atoms with Crippen LogP contribution in [0.15, 0.2) is 36.4 Å². The molecule has 1 aliphatic carbocycles. The van der Waals surface area contributed by atoms with Crippen molar-refractivity contribution in [2.45, 2.75) is 70.0 Å². The molecule has 1 N–H and O–H groups in total. The number of nitrogens with zero attached hydrogens (tertiary/aromatic N) is 2. The molecule has 2 amide bonds. The molecule has 0 radical (unpaired) electrons. The van der Waals surface area contributed by atoms with Gasteiger partial charge in [0.15, 0.2) is 0 Å². The first kappa shape index (κ1) is 25.3. The van der Waals surface area contributed by atoms with E-state index in [1.54, 1.807) is 16.9 Å². The number of aliphatic hydroxyl groups is 1. The van der Waals surface area contributed by atoms with Crippen LogP contribution >= 0.6 is 0 Å². The number of piperazine rings is 1. The third kappa shape index (κ3) is 5.72. The predicted molar refractivity (Wildman–Crippen MR) is 136 cm³/mol. The molecule has 2 aromatic rings. The average Bonchev–Trinajstić information content (AvgIpc) is 2.83. The number of amides is 2. The monoisotopic (exact) mass is 482 g/mol. The van der Waals surface area contributed by atoms with Gasteiger partial charge in [-0.05, 0) is 62.1 Å². The molecule has 0 spiro atoms. The Morgan fingerprint density at radius 2 is 1.51 bits per heavy atom. The first-order valence-corrected chi connectivity index (χ1v) is 12.7. The van der Waals surface area contributed by atoms with Crippen molar-refractivity contribution >= 4 is 22.8 Å². The minimum Gasteiger partial charge on any atom is -0.497 e. The smallest absolute Gasteiger partial charge is 0.410 e. The Morgan fingerprint density at radius 3 is 2.14 bits per heavy atom. The molecule has 190 valence electrons. The number of hydrogen-bond acceptors (Lipinski definition) is 5. The number of benzene rings is 2. The van der Waals surface area contributed by atoms with E-state index in [2.05, 4.69) is 0 Å². The van der Waals surface area contributed by atoms with E-state index in [1.165, 1.54) is 0 Å². The maximum Gasteiger partial charge on any atom is 0.410 e. The molecule has 0 bridgehead atoms. The van der Waals surface area contributed by atoms with Crippen molar-refractivity contribution < 1.29 is 24.2 Å². The van der Waals surface area contributed by atoms with E-state index >= 15 is 0 Å². The number of ether oxygens (including phenoxy) is 2. The van der Waals surface area contributed by atoms with Crippen molar-refractivity contribution in [1.82, 2.24) is 9.80 Å². The van der Waals surface area contributed by atoms with Crippen molar-refractivity contribution in [1.29, 1.82) is 0 Å². The summed E-state index contributed by atoms with van der Waals surface area (Å²) in [7, 11) is 1.64. The summed E-state index contributed by atoms with van der Waals surface area (Å²) in [4.78, 5) is 29.9. The second-order valence-electron chi connectivity index (χ2n) is 10.9. The van der Waals surface area contributed by atoms with Gasteiger partial charge >= 0.3 is 6.09 Å². The lowest BCUT2D eigenvalue weighted by Gasteiger charge is -2.43. The molecule has 2 aromatic carbocycles. The lowest BCUT2D eigenvalue weighted by atomic mass is 9.72. The Labute approximate surface area is 208 Å². The topological polar surface area (TPSA) is 79.3 Å². The highest BCUT2D eigenvalue weighted by atomic mass is 16.6. The molecule has 7 nitrogen and oxygen atoms in total. The second kappa shape index (κ2) is 10.1. The standard InChI is InChI=1S/C28H38N2O5/c1-27(2,3)35-26(32)30-16-14-29(15-17-30)25(31)24(28(33)12-6-5-7-13-28)22-9-8-21-19-23(34-4)11-10-20(21)18-22/h8-11,18-19,24,33H,5-7,12-17H2,1-4H3. The quantitative estimate of drug-likeness (QED) is 0.683. The van der Waals surface area contributed by atoms with E-state index in [1.807, 2.05) is 57.2 Å². The molecule has 7 heteroatoms. The molecule has 1 saturated heterocycles. The zero-order valence-electron chi connectivity index (χ0n) is 21.4. The summed E-state index contributed by atoms with van der Waals surface area (Å²) in [6.07, 6.45) is 3.78. The van der Waals surface area contributed by atoms with Crippen LogP contribution in [0.4, 0.5) is 4.79 Å². The van der Waals surface area contributed by atoms with Gasteiger partial charge in [-0.3, -0.25) is 4.79 Å². The molecule has 35 heavy (non-hydrogen) atoms. The summed E-state index contributed by atoms with van der Waals surface area (Å²) >= 11 is 0. The Balaban J connectivity index is 1.58.